The number of ether oxygens (including phenoxy) is 1. The predicted octanol–water partition coefficient (Wildman–Crippen LogP) is 3.15. The topological polar surface area (TPSA) is 161 Å². The number of hydrogen-bond acceptors (Lipinski definition) is 9. The van der Waals surface area contributed by atoms with Crippen LogP contribution in [0.1, 0.15) is 44.5 Å². The molecule has 3 aromatic heterocycles. The fraction of sp³-hybridized carbons (Fsp3) is 0.310. The minimum Gasteiger partial charge on any atom is -0.494 e. The summed E-state index contributed by atoms with van der Waals surface area (Å²) >= 11 is 1.12. The number of piperidine rings is 1. The van der Waals surface area contributed by atoms with Gasteiger partial charge in [0.25, 0.3) is 17.6 Å². The van der Waals surface area contributed by atoms with Gasteiger partial charge in [0.05, 0.1) is 48.4 Å². The van der Waals surface area contributed by atoms with Crippen LogP contribution in [-0.4, -0.2) is 75.9 Å². The lowest BCUT2D eigenvalue weighted by Gasteiger charge is -2.33. The third-order valence-electron chi connectivity index (χ3n) is 7.27. The number of nitrogens with one attached hydrogen (secondary N) is 2. The Morgan fingerprint density at radius 2 is 2.02 bits per heavy atom. The molecule has 12 heteroatoms. The number of likely N-dealkylation sites (tertiary alicyclic amines) is 1. The number of fused-ring (bicyclic) bond motifs is 1. The zero-order valence-corrected chi connectivity index (χ0v) is 23.1. The Balaban J connectivity index is 1.36. The minimum atomic E-state index is -0.674. The van der Waals surface area contributed by atoms with Gasteiger partial charge in [0.2, 0.25) is 0 Å². The number of methoxy groups -OCH3 is 1. The molecule has 1 aliphatic heterocycles. The number of aromatic nitrogens is 3. The van der Waals surface area contributed by atoms with Gasteiger partial charge in [0, 0.05) is 31.2 Å². The molecule has 1 saturated heterocycles. The molecule has 0 spiro atoms. The second kappa shape index (κ2) is 12.3. The smallest absolute Gasteiger partial charge is 0.295 e. The predicted molar refractivity (Wildman–Crippen MR) is 152 cm³/mol. The second-order valence-electron chi connectivity index (χ2n) is 9.62. The Bertz CT molecular complexity index is 1620. The molecule has 41 heavy (non-hydrogen) atoms. The molecule has 0 saturated carbocycles. The summed E-state index contributed by atoms with van der Waals surface area (Å²) in [5.74, 6) is -1.56. The molecule has 1 aliphatic rings. The molecular formula is C29H28N6O5S. The fourth-order valence-corrected chi connectivity index (χ4v) is 5.90. The summed E-state index contributed by atoms with van der Waals surface area (Å²) in [4.78, 5) is 52.5. The number of amides is 2. The van der Waals surface area contributed by atoms with Crippen molar-refractivity contribution in [1.29, 1.82) is 5.26 Å². The standard InChI is InChI=1S/C29H28N6O5S/c1-40-22-15-33-24(21-16-41-28(34-21)27(38)31-9-12-36)25-23(22)20(14-32-25)26(37)29(39)35-10-7-18(8-11-35)19(13-30)17-5-3-2-4-6-17/h2-6,14-16,18-19,32,36H,7-12H2,1H3,(H,31,38). The molecule has 4 aromatic rings. The zero-order valence-electron chi connectivity index (χ0n) is 22.3. The Morgan fingerprint density at radius 1 is 1.27 bits per heavy atom. The summed E-state index contributed by atoms with van der Waals surface area (Å²) in [6.45, 7) is 0.687. The molecule has 1 aromatic carbocycles. The monoisotopic (exact) mass is 572 g/mol. The number of nitrogens with zero attached hydrogens (tertiary/aromatic N) is 4. The molecule has 210 valence electrons. The van der Waals surface area contributed by atoms with Crippen molar-refractivity contribution in [2.75, 3.05) is 33.4 Å². The van der Waals surface area contributed by atoms with Crippen LogP contribution in [-0.2, 0) is 4.79 Å². The van der Waals surface area contributed by atoms with Gasteiger partial charge < -0.3 is 25.0 Å². The molecule has 1 atom stereocenters. The largest absolute Gasteiger partial charge is 0.494 e. The highest BCUT2D eigenvalue weighted by atomic mass is 32.1. The van der Waals surface area contributed by atoms with Crippen LogP contribution in [0.5, 0.6) is 5.75 Å². The maximum absolute atomic E-state index is 13.5. The van der Waals surface area contributed by atoms with Crippen molar-refractivity contribution >= 4 is 39.8 Å². The first-order valence-electron chi connectivity index (χ1n) is 13.1. The Labute approximate surface area is 239 Å². The lowest BCUT2D eigenvalue weighted by atomic mass is 9.81. The number of hydrogen-bond donors (Lipinski definition) is 3. The van der Waals surface area contributed by atoms with Crippen LogP contribution in [0.25, 0.3) is 22.3 Å². The number of aliphatic hydroxyl groups is 1. The number of benzene rings is 1. The fourth-order valence-electron chi connectivity index (χ4n) is 5.19. The van der Waals surface area contributed by atoms with Crippen LogP contribution >= 0.6 is 11.3 Å². The summed E-state index contributed by atoms with van der Waals surface area (Å²) in [5.41, 5.74) is 2.38. The van der Waals surface area contributed by atoms with E-state index in [4.69, 9.17) is 9.84 Å². The molecule has 5 rings (SSSR count). The van der Waals surface area contributed by atoms with Crippen molar-refractivity contribution in [2.45, 2.75) is 18.8 Å². The number of aliphatic hydroxyl groups excluding tert-OH is 1. The van der Waals surface area contributed by atoms with Crippen molar-refractivity contribution in [1.82, 2.24) is 25.2 Å². The Hall–Kier alpha value is -4.60. The molecule has 4 heterocycles. The van der Waals surface area contributed by atoms with E-state index in [1.165, 1.54) is 19.5 Å². The van der Waals surface area contributed by atoms with E-state index >= 15 is 0 Å². The molecule has 1 unspecified atom stereocenters. The maximum Gasteiger partial charge on any atom is 0.295 e. The number of ketones is 1. The first-order valence-corrected chi connectivity index (χ1v) is 14.0. The van der Waals surface area contributed by atoms with Crippen LogP contribution < -0.4 is 10.1 Å². The number of thiazole rings is 1. The van der Waals surface area contributed by atoms with E-state index in [-0.39, 0.29) is 35.6 Å². The number of nitriles is 1. The van der Waals surface area contributed by atoms with E-state index in [2.05, 4.69) is 26.3 Å². The number of Topliss-reactive ketones (excluding diaryl/α,β-unsaturated/α-hetero) is 1. The third-order valence-corrected chi connectivity index (χ3v) is 8.11. The van der Waals surface area contributed by atoms with Gasteiger partial charge in [0.1, 0.15) is 17.1 Å². The van der Waals surface area contributed by atoms with Gasteiger partial charge in [-0.05, 0) is 24.3 Å². The quantitative estimate of drug-likeness (QED) is 0.204. The Morgan fingerprint density at radius 3 is 2.71 bits per heavy atom. The molecular weight excluding hydrogens is 544 g/mol. The van der Waals surface area contributed by atoms with Crippen LogP contribution in [0.15, 0.2) is 48.1 Å². The normalized spacial score (nSPS) is 14.4. The zero-order chi connectivity index (χ0) is 28.9. The average molecular weight is 573 g/mol. The van der Waals surface area contributed by atoms with Crippen LogP contribution in [0.3, 0.4) is 0 Å². The molecule has 3 N–H and O–H groups in total. The van der Waals surface area contributed by atoms with E-state index in [0.29, 0.717) is 54.0 Å². The maximum atomic E-state index is 13.5. The number of carbonyl (C=O) groups excluding carboxylic acids is 3. The summed E-state index contributed by atoms with van der Waals surface area (Å²) in [7, 11) is 1.45. The van der Waals surface area contributed by atoms with Gasteiger partial charge in [-0.1, -0.05) is 30.3 Å². The van der Waals surface area contributed by atoms with Crippen LogP contribution in [0.4, 0.5) is 0 Å². The van der Waals surface area contributed by atoms with Gasteiger partial charge in [-0.25, -0.2) is 9.97 Å². The number of carbonyl (C=O) groups is 3. The second-order valence-corrected chi connectivity index (χ2v) is 10.5. The van der Waals surface area contributed by atoms with Crippen molar-refractivity contribution < 1.29 is 24.2 Å². The number of pyridine rings is 1. The highest BCUT2D eigenvalue weighted by Gasteiger charge is 2.33. The van der Waals surface area contributed by atoms with E-state index in [0.717, 1.165) is 16.9 Å². The summed E-state index contributed by atoms with van der Waals surface area (Å²) < 4.78 is 5.48. The van der Waals surface area contributed by atoms with Crippen LogP contribution in [0, 0.1) is 17.2 Å². The molecule has 0 radical (unpaired) electrons. The van der Waals surface area contributed by atoms with Crippen molar-refractivity contribution in [2.24, 2.45) is 5.92 Å². The SMILES string of the molecule is COc1cnc(-c2csc(C(=O)NCCO)n2)c2[nH]cc(C(=O)C(=O)N3CCC(C(C#N)c4ccccc4)CC3)c12. The van der Waals surface area contributed by atoms with Gasteiger partial charge in [0.15, 0.2) is 5.01 Å². The summed E-state index contributed by atoms with van der Waals surface area (Å²) in [6, 6.07) is 12.0. The summed E-state index contributed by atoms with van der Waals surface area (Å²) in [6.07, 6.45) is 4.16. The number of rotatable bonds is 9. The molecule has 0 aliphatic carbocycles. The molecule has 11 nitrogen and oxygen atoms in total. The number of H-pyrrole nitrogens is 1. The lowest BCUT2D eigenvalue weighted by molar-refractivity contribution is -0.127. The Kier molecular flexibility index (Phi) is 8.37. The van der Waals surface area contributed by atoms with Crippen molar-refractivity contribution in [3.05, 3.63) is 64.2 Å². The van der Waals surface area contributed by atoms with E-state index in [9.17, 15) is 19.6 Å². The van der Waals surface area contributed by atoms with Gasteiger partial charge >= 0.3 is 0 Å². The lowest BCUT2D eigenvalue weighted by Crippen LogP contribution is -2.43. The average Bonchev–Trinajstić information content (AvgIpc) is 3.69. The first kappa shape index (κ1) is 27.9. The van der Waals surface area contributed by atoms with Gasteiger partial charge in [-0.15, -0.1) is 11.3 Å². The van der Waals surface area contributed by atoms with Gasteiger partial charge in [-0.2, -0.15) is 5.26 Å². The summed E-state index contributed by atoms with van der Waals surface area (Å²) in [5, 5.41) is 23.6. The first-order chi connectivity index (χ1) is 20.0. The van der Waals surface area contributed by atoms with Gasteiger partial charge in [-0.3, -0.25) is 14.4 Å². The number of aromatic amines is 1. The third kappa shape index (κ3) is 5.54. The highest BCUT2D eigenvalue weighted by molar-refractivity contribution is 7.12. The van der Waals surface area contributed by atoms with E-state index < -0.39 is 17.6 Å². The van der Waals surface area contributed by atoms with E-state index in [1.54, 1.807) is 10.3 Å². The van der Waals surface area contributed by atoms with E-state index in [1.807, 2.05) is 30.3 Å². The minimum absolute atomic E-state index is 0.0945. The highest BCUT2D eigenvalue weighted by Crippen LogP contribution is 2.36. The molecule has 1 fully saturated rings. The van der Waals surface area contributed by atoms with Crippen LogP contribution in [0.2, 0.25) is 0 Å². The molecule has 0 bridgehead atoms. The van der Waals surface area contributed by atoms with Crippen molar-refractivity contribution in [3.8, 4) is 23.2 Å². The molecule has 2 amide bonds. The van der Waals surface area contributed by atoms with Crippen molar-refractivity contribution in [3.63, 3.8) is 0 Å².